The molecule has 1 aromatic rings. The highest BCUT2D eigenvalue weighted by atomic mass is 16.6. The van der Waals surface area contributed by atoms with Crippen LogP contribution in [0.1, 0.15) is 32.8 Å². The zero-order valence-electron chi connectivity index (χ0n) is 17.2. The summed E-state index contributed by atoms with van der Waals surface area (Å²) in [7, 11) is 0. The van der Waals surface area contributed by atoms with Gasteiger partial charge in [-0.15, -0.1) is 0 Å². The summed E-state index contributed by atoms with van der Waals surface area (Å²) in [4.78, 5) is 27.8. The van der Waals surface area contributed by atoms with E-state index in [0.29, 0.717) is 26.3 Å². The second-order valence-corrected chi connectivity index (χ2v) is 7.86. The van der Waals surface area contributed by atoms with Crippen molar-refractivity contribution in [1.29, 1.82) is 0 Å². The first-order chi connectivity index (χ1) is 13.3. The highest BCUT2D eigenvalue weighted by molar-refractivity contribution is 5.71. The standard InChI is InChI=1S/C21H32N2O5/c1-21(2,3)28-19(24)17-26-15-7-10-22-11-13-23(14-12-22)20(25)27-16-18-8-5-4-6-9-18/h4-6,8-9H,7,10-17H2,1-3H3. The maximum atomic E-state index is 12.2. The molecule has 0 radical (unpaired) electrons. The lowest BCUT2D eigenvalue weighted by atomic mass is 10.2. The third-order valence-corrected chi connectivity index (χ3v) is 4.24. The maximum absolute atomic E-state index is 12.2. The van der Waals surface area contributed by atoms with Gasteiger partial charge < -0.3 is 19.1 Å². The average molecular weight is 392 g/mol. The van der Waals surface area contributed by atoms with Crippen LogP contribution in [-0.2, 0) is 25.6 Å². The Morgan fingerprint density at radius 1 is 1.04 bits per heavy atom. The van der Waals surface area contributed by atoms with E-state index in [2.05, 4.69) is 4.90 Å². The van der Waals surface area contributed by atoms with E-state index in [4.69, 9.17) is 14.2 Å². The number of esters is 1. The minimum atomic E-state index is -0.484. The molecular weight excluding hydrogens is 360 g/mol. The first-order valence-corrected chi connectivity index (χ1v) is 9.81. The van der Waals surface area contributed by atoms with Crippen LogP contribution < -0.4 is 0 Å². The van der Waals surface area contributed by atoms with E-state index in [1.54, 1.807) is 4.90 Å². The van der Waals surface area contributed by atoms with Crippen LogP contribution in [0, 0.1) is 0 Å². The van der Waals surface area contributed by atoms with Crippen LogP contribution in [0.3, 0.4) is 0 Å². The number of benzene rings is 1. The quantitative estimate of drug-likeness (QED) is 0.501. The van der Waals surface area contributed by atoms with E-state index in [1.807, 2.05) is 51.1 Å². The molecule has 28 heavy (non-hydrogen) atoms. The fourth-order valence-corrected chi connectivity index (χ4v) is 2.88. The van der Waals surface area contributed by atoms with Crippen LogP contribution in [-0.4, -0.2) is 73.4 Å². The molecule has 0 N–H and O–H groups in total. The van der Waals surface area contributed by atoms with Gasteiger partial charge in [-0.25, -0.2) is 9.59 Å². The molecule has 1 fully saturated rings. The van der Waals surface area contributed by atoms with Gasteiger partial charge in [0.1, 0.15) is 18.8 Å². The predicted molar refractivity (Wildman–Crippen MR) is 106 cm³/mol. The normalized spacial score (nSPS) is 15.3. The molecular formula is C21H32N2O5. The Hall–Kier alpha value is -2.12. The van der Waals surface area contributed by atoms with Crippen LogP contribution in [0.15, 0.2) is 30.3 Å². The molecule has 156 valence electrons. The molecule has 2 rings (SSSR count). The fourth-order valence-electron chi connectivity index (χ4n) is 2.88. The molecule has 0 saturated carbocycles. The number of hydrogen-bond donors (Lipinski definition) is 0. The van der Waals surface area contributed by atoms with Gasteiger partial charge in [-0.3, -0.25) is 4.90 Å². The SMILES string of the molecule is CC(C)(C)OC(=O)COCCCN1CCN(C(=O)OCc2ccccc2)CC1. The smallest absolute Gasteiger partial charge is 0.410 e. The van der Waals surface area contributed by atoms with Crippen molar-refractivity contribution >= 4 is 12.1 Å². The number of ether oxygens (including phenoxy) is 3. The van der Waals surface area contributed by atoms with E-state index < -0.39 is 5.60 Å². The zero-order chi connectivity index (χ0) is 20.4. The molecule has 1 aromatic carbocycles. The Morgan fingerprint density at radius 3 is 2.36 bits per heavy atom. The van der Waals surface area contributed by atoms with E-state index in [9.17, 15) is 9.59 Å². The van der Waals surface area contributed by atoms with E-state index in [-0.39, 0.29) is 18.7 Å². The molecule has 0 aliphatic carbocycles. The molecule has 1 heterocycles. The number of carbonyl (C=O) groups is 2. The van der Waals surface area contributed by atoms with Gasteiger partial charge >= 0.3 is 12.1 Å². The second-order valence-electron chi connectivity index (χ2n) is 7.86. The van der Waals surface area contributed by atoms with Crippen LogP contribution in [0.2, 0.25) is 0 Å². The molecule has 1 aliphatic rings. The predicted octanol–water partition coefficient (Wildman–Crippen LogP) is 2.69. The first-order valence-electron chi connectivity index (χ1n) is 9.81. The Bertz CT molecular complexity index is 607. The number of piperazine rings is 1. The Balaban J connectivity index is 1.53. The average Bonchev–Trinajstić information content (AvgIpc) is 2.66. The summed E-state index contributed by atoms with van der Waals surface area (Å²) in [5.41, 5.74) is 0.503. The van der Waals surface area contributed by atoms with Crippen molar-refractivity contribution in [2.24, 2.45) is 0 Å². The molecule has 7 nitrogen and oxygen atoms in total. The molecule has 0 spiro atoms. The number of amides is 1. The van der Waals surface area contributed by atoms with Crippen LogP contribution >= 0.6 is 0 Å². The summed E-state index contributed by atoms with van der Waals surface area (Å²) in [6.07, 6.45) is 0.575. The highest BCUT2D eigenvalue weighted by Crippen LogP contribution is 2.08. The van der Waals surface area contributed by atoms with Crippen LogP contribution in [0.4, 0.5) is 4.79 Å². The van der Waals surface area contributed by atoms with Gasteiger partial charge in [0.2, 0.25) is 0 Å². The number of rotatable bonds is 8. The van der Waals surface area contributed by atoms with Crippen molar-refractivity contribution in [3.05, 3.63) is 35.9 Å². The van der Waals surface area contributed by atoms with Crippen molar-refractivity contribution < 1.29 is 23.8 Å². The molecule has 1 saturated heterocycles. The van der Waals surface area contributed by atoms with Gasteiger partial charge in [0.05, 0.1) is 0 Å². The summed E-state index contributed by atoms with van der Waals surface area (Å²) in [5.74, 6) is -0.338. The van der Waals surface area contributed by atoms with Gasteiger partial charge in [-0.05, 0) is 32.8 Å². The van der Waals surface area contributed by atoms with Gasteiger partial charge in [0.25, 0.3) is 0 Å². The zero-order valence-corrected chi connectivity index (χ0v) is 17.2. The summed E-state index contributed by atoms with van der Waals surface area (Å²) >= 11 is 0. The molecule has 0 unspecified atom stereocenters. The van der Waals surface area contributed by atoms with E-state index >= 15 is 0 Å². The van der Waals surface area contributed by atoms with Crippen molar-refractivity contribution in [3.8, 4) is 0 Å². The summed E-state index contributed by atoms with van der Waals surface area (Å²) < 4.78 is 16.0. The number of nitrogens with zero attached hydrogens (tertiary/aromatic N) is 2. The minimum Gasteiger partial charge on any atom is -0.458 e. The second kappa shape index (κ2) is 11.0. The van der Waals surface area contributed by atoms with Gasteiger partial charge in [-0.1, -0.05) is 30.3 Å². The number of carbonyl (C=O) groups excluding carboxylic acids is 2. The van der Waals surface area contributed by atoms with Crippen LogP contribution in [0.5, 0.6) is 0 Å². The molecule has 0 atom stereocenters. The fraction of sp³-hybridized carbons (Fsp3) is 0.619. The van der Waals surface area contributed by atoms with Crippen molar-refractivity contribution in [2.75, 3.05) is 45.9 Å². The molecule has 7 heteroatoms. The summed E-state index contributed by atoms with van der Waals surface area (Å²) in [5, 5.41) is 0. The Labute approximate surface area is 167 Å². The lowest BCUT2D eigenvalue weighted by Gasteiger charge is -2.34. The van der Waals surface area contributed by atoms with Crippen molar-refractivity contribution in [2.45, 2.75) is 39.4 Å². The van der Waals surface area contributed by atoms with Crippen molar-refractivity contribution in [1.82, 2.24) is 9.80 Å². The highest BCUT2D eigenvalue weighted by Gasteiger charge is 2.22. The molecule has 1 amide bonds. The molecule has 1 aliphatic heterocycles. The minimum absolute atomic E-state index is 0.0156. The van der Waals surface area contributed by atoms with Gasteiger partial charge in [-0.2, -0.15) is 0 Å². The van der Waals surface area contributed by atoms with Gasteiger partial charge in [0, 0.05) is 39.3 Å². The van der Waals surface area contributed by atoms with Crippen molar-refractivity contribution in [3.63, 3.8) is 0 Å². The lowest BCUT2D eigenvalue weighted by Crippen LogP contribution is -2.49. The third-order valence-electron chi connectivity index (χ3n) is 4.24. The van der Waals surface area contributed by atoms with Crippen LogP contribution in [0.25, 0.3) is 0 Å². The summed E-state index contributed by atoms with van der Waals surface area (Å²) in [6.45, 7) is 10.1. The lowest BCUT2D eigenvalue weighted by molar-refractivity contribution is -0.160. The van der Waals surface area contributed by atoms with E-state index in [1.165, 1.54) is 0 Å². The Kier molecular flexibility index (Phi) is 8.73. The first kappa shape index (κ1) is 22.2. The maximum Gasteiger partial charge on any atom is 0.410 e. The topological polar surface area (TPSA) is 68.3 Å². The Morgan fingerprint density at radius 2 is 1.71 bits per heavy atom. The number of hydrogen-bond acceptors (Lipinski definition) is 6. The molecule has 0 aromatic heterocycles. The summed E-state index contributed by atoms with van der Waals surface area (Å²) in [6, 6.07) is 9.68. The monoisotopic (exact) mass is 392 g/mol. The third kappa shape index (κ3) is 8.71. The largest absolute Gasteiger partial charge is 0.458 e. The van der Waals surface area contributed by atoms with Gasteiger partial charge in [0.15, 0.2) is 0 Å². The molecule has 0 bridgehead atoms. The van der Waals surface area contributed by atoms with E-state index in [0.717, 1.165) is 31.6 Å².